The highest BCUT2D eigenvalue weighted by atomic mass is 16.5. The van der Waals surface area contributed by atoms with E-state index < -0.39 is 0 Å². The maximum absolute atomic E-state index is 13.7. The normalized spacial score (nSPS) is 21.4. The summed E-state index contributed by atoms with van der Waals surface area (Å²) in [6.45, 7) is 4.55. The molecule has 1 fully saturated rings. The molecular formula is C23H28N4O3. The van der Waals surface area contributed by atoms with Crippen LogP contribution in [0.4, 0.5) is 16.3 Å². The van der Waals surface area contributed by atoms with Gasteiger partial charge in [0.2, 0.25) is 5.91 Å². The van der Waals surface area contributed by atoms with Crippen molar-refractivity contribution < 1.29 is 14.3 Å². The van der Waals surface area contributed by atoms with E-state index in [4.69, 9.17) is 10.5 Å². The quantitative estimate of drug-likeness (QED) is 0.833. The van der Waals surface area contributed by atoms with E-state index in [1.165, 1.54) is 0 Å². The number of carbonyl (C=O) groups excluding carboxylic acids is 2. The first-order valence-electron chi connectivity index (χ1n) is 10.4. The van der Waals surface area contributed by atoms with Crippen LogP contribution < -0.4 is 15.4 Å². The molecule has 1 aromatic carbocycles. The largest absolute Gasteiger partial charge is 0.496 e. The Labute approximate surface area is 176 Å². The van der Waals surface area contributed by atoms with Gasteiger partial charge in [-0.25, -0.2) is 14.7 Å². The van der Waals surface area contributed by atoms with Crippen LogP contribution >= 0.6 is 0 Å². The monoisotopic (exact) mass is 408 g/mol. The number of amides is 3. The summed E-state index contributed by atoms with van der Waals surface area (Å²) in [4.78, 5) is 33.4. The third-order valence-corrected chi connectivity index (χ3v) is 6.43. The molecule has 0 spiro atoms. The molecule has 158 valence electrons. The van der Waals surface area contributed by atoms with Crippen LogP contribution in [0, 0.1) is 19.8 Å². The number of aromatic nitrogens is 1. The van der Waals surface area contributed by atoms with Crippen molar-refractivity contribution in [2.75, 3.05) is 12.0 Å². The van der Waals surface area contributed by atoms with E-state index in [1.807, 2.05) is 43.0 Å². The number of benzene rings is 1. The highest BCUT2D eigenvalue weighted by Gasteiger charge is 2.39. The zero-order chi connectivity index (χ0) is 21.4. The lowest BCUT2D eigenvalue weighted by molar-refractivity contribution is -0.123. The number of urea groups is 1. The summed E-state index contributed by atoms with van der Waals surface area (Å²) in [5.41, 5.74) is 9.38. The number of hydrogen-bond donors (Lipinski definition) is 1. The van der Waals surface area contributed by atoms with Gasteiger partial charge in [0.25, 0.3) is 0 Å². The number of anilines is 2. The molecule has 1 aromatic heterocycles. The molecule has 0 atom stereocenters. The van der Waals surface area contributed by atoms with Crippen molar-refractivity contribution in [2.24, 2.45) is 11.7 Å². The Bertz CT molecular complexity index is 982. The number of pyridine rings is 1. The number of fused-ring (bicyclic) bond motifs is 1. The summed E-state index contributed by atoms with van der Waals surface area (Å²) in [5, 5.41) is 0. The first kappa shape index (κ1) is 20.2. The summed E-state index contributed by atoms with van der Waals surface area (Å²) >= 11 is 0. The van der Waals surface area contributed by atoms with Gasteiger partial charge in [0.05, 0.1) is 19.3 Å². The molecule has 2 aromatic rings. The minimum Gasteiger partial charge on any atom is -0.496 e. The molecule has 0 unspecified atom stereocenters. The third kappa shape index (κ3) is 3.49. The van der Waals surface area contributed by atoms with E-state index in [1.54, 1.807) is 18.2 Å². The van der Waals surface area contributed by atoms with Crippen LogP contribution in [0.5, 0.6) is 5.75 Å². The fourth-order valence-corrected chi connectivity index (χ4v) is 4.56. The molecule has 2 aliphatic rings. The Hall–Kier alpha value is -3.09. The van der Waals surface area contributed by atoms with Gasteiger partial charge in [-0.15, -0.1) is 0 Å². The lowest BCUT2D eigenvalue weighted by Gasteiger charge is -2.43. The first-order chi connectivity index (χ1) is 14.4. The topological polar surface area (TPSA) is 88.8 Å². The molecule has 0 saturated heterocycles. The highest BCUT2D eigenvalue weighted by molar-refractivity contribution is 6.01. The molecule has 1 aliphatic heterocycles. The van der Waals surface area contributed by atoms with Crippen LogP contribution in [0.25, 0.3) is 0 Å². The standard InChI is InChI=1S/C23H28N4O3/c1-14-10-11-25-22-19(14)13-26(17-8-5-16(6-9-17)21(24)28)23(29)27(22)18-7-4-15(2)20(12-18)30-3/h4,7,10-12,16-17H,5-6,8-9,13H2,1-3H3,(H2,24,28). The molecule has 3 amide bonds. The third-order valence-electron chi connectivity index (χ3n) is 6.43. The van der Waals surface area contributed by atoms with Gasteiger partial charge in [-0.05, 0) is 62.8 Å². The molecule has 2 N–H and O–H groups in total. The average molecular weight is 409 g/mol. The van der Waals surface area contributed by atoms with Gasteiger partial charge >= 0.3 is 6.03 Å². The van der Waals surface area contributed by atoms with Gasteiger partial charge in [0.15, 0.2) is 0 Å². The maximum Gasteiger partial charge on any atom is 0.330 e. The Morgan fingerprint density at radius 2 is 1.87 bits per heavy atom. The zero-order valence-corrected chi connectivity index (χ0v) is 17.7. The van der Waals surface area contributed by atoms with Crippen LogP contribution in [0.15, 0.2) is 30.5 Å². The lowest BCUT2D eigenvalue weighted by atomic mass is 9.84. The summed E-state index contributed by atoms with van der Waals surface area (Å²) < 4.78 is 5.49. The number of aryl methyl sites for hydroxylation is 2. The lowest BCUT2D eigenvalue weighted by Crippen LogP contribution is -2.51. The number of nitrogens with zero attached hydrogens (tertiary/aromatic N) is 3. The van der Waals surface area contributed by atoms with Crippen molar-refractivity contribution in [1.29, 1.82) is 0 Å². The Morgan fingerprint density at radius 3 is 2.53 bits per heavy atom. The Kier molecular flexibility index (Phi) is 5.37. The molecule has 0 radical (unpaired) electrons. The maximum atomic E-state index is 13.7. The number of rotatable bonds is 4. The van der Waals surface area contributed by atoms with Crippen molar-refractivity contribution in [3.63, 3.8) is 0 Å². The van der Waals surface area contributed by atoms with Crippen molar-refractivity contribution >= 4 is 23.4 Å². The van der Waals surface area contributed by atoms with Crippen molar-refractivity contribution in [3.8, 4) is 5.75 Å². The minimum absolute atomic E-state index is 0.0794. The molecule has 0 bridgehead atoms. The number of nitrogens with two attached hydrogens (primary N) is 1. The Balaban J connectivity index is 1.72. The van der Waals surface area contributed by atoms with Gasteiger partial charge in [0, 0.05) is 29.8 Å². The van der Waals surface area contributed by atoms with Crippen LogP contribution in [0.2, 0.25) is 0 Å². The van der Waals surface area contributed by atoms with Crippen molar-refractivity contribution in [2.45, 2.75) is 52.1 Å². The number of carbonyl (C=O) groups is 2. The van der Waals surface area contributed by atoms with Gasteiger partial charge < -0.3 is 15.4 Å². The summed E-state index contributed by atoms with van der Waals surface area (Å²) in [7, 11) is 1.63. The molecule has 2 heterocycles. The van der Waals surface area contributed by atoms with Gasteiger partial charge in [0.1, 0.15) is 11.6 Å². The number of hydrogen-bond acceptors (Lipinski definition) is 4. The molecule has 7 nitrogen and oxygen atoms in total. The van der Waals surface area contributed by atoms with Crippen molar-refractivity contribution in [1.82, 2.24) is 9.88 Å². The smallest absolute Gasteiger partial charge is 0.330 e. The fourth-order valence-electron chi connectivity index (χ4n) is 4.56. The number of methoxy groups -OCH3 is 1. The second-order valence-corrected chi connectivity index (χ2v) is 8.24. The van der Waals surface area contributed by atoms with Crippen molar-refractivity contribution in [3.05, 3.63) is 47.2 Å². The molecule has 30 heavy (non-hydrogen) atoms. The molecular weight excluding hydrogens is 380 g/mol. The van der Waals surface area contributed by atoms with E-state index in [9.17, 15) is 9.59 Å². The van der Waals surface area contributed by atoms with Crippen LogP contribution in [0.3, 0.4) is 0 Å². The number of primary amides is 1. The van der Waals surface area contributed by atoms with Crippen LogP contribution in [-0.4, -0.2) is 35.0 Å². The van der Waals surface area contributed by atoms with Gasteiger partial charge in [-0.2, -0.15) is 0 Å². The average Bonchev–Trinajstić information content (AvgIpc) is 2.74. The number of ether oxygens (including phenoxy) is 1. The predicted octanol–water partition coefficient (Wildman–Crippen LogP) is 3.82. The van der Waals surface area contributed by atoms with E-state index in [2.05, 4.69) is 4.98 Å². The zero-order valence-electron chi connectivity index (χ0n) is 17.7. The van der Waals surface area contributed by atoms with Gasteiger partial charge in [-0.3, -0.25) is 4.79 Å². The second-order valence-electron chi connectivity index (χ2n) is 8.24. The molecule has 1 aliphatic carbocycles. The second kappa shape index (κ2) is 7.97. The van der Waals surface area contributed by atoms with E-state index in [0.717, 1.165) is 53.8 Å². The fraction of sp³-hybridized carbons (Fsp3) is 0.435. The minimum atomic E-state index is -0.239. The van der Waals surface area contributed by atoms with Gasteiger partial charge in [-0.1, -0.05) is 6.07 Å². The van der Waals surface area contributed by atoms with E-state index in [-0.39, 0.29) is 23.9 Å². The summed E-state index contributed by atoms with van der Waals surface area (Å²) in [6.07, 6.45) is 4.74. The predicted molar refractivity (Wildman–Crippen MR) is 115 cm³/mol. The van der Waals surface area contributed by atoms with Crippen LogP contribution in [-0.2, 0) is 11.3 Å². The van der Waals surface area contributed by atoms with E-state index >= 15 is 0 Å². The summed E-state index contributed by atoms with van der Waals surface area (Å²) in [6, 6.07) is 7.73. The highest BCUT2D eigenvalue weighted by Crippen LogP contribution is 2.39. The first-order valence-corrected chi connectivity index (χ1v) is 10.4. The molecule has 1 saturated carbocycles. The summed E-state index contributed by atoms with van der Waals surface area (Å²) in [5.74, 6) is 1.08. The molecule has 4 rings (SSSR count). The van der Waals surface area contributed by atoms with Crippen LogP contribution in [0.1, 0.15) is 42.4 Å². The molecule has 7 heteroatoms. The Morgan fingerprint density at radius 1 is 1.13 bits per heavy atom. The SMILES string of the molecule is COc1cc(N2C(=O)N(C3CCC(C(N)=O)CC3)Cc3c(C)ccnc32)ccc1C. The van der Waals surface area contributed by atoms with E-state index in [0.29, 0.717) is 12.4 Å².